The Kier molecular flexibility index (Phi) is 25.1. The Morgan fingerprint density at radius 1 is 0.500 bits per heavy atom. The molecule has 0 unspecified atom stereocenters. The number of hydrogen-bond donors (Lipinski definition) is 1. The molecule has 350 valence electrons. The lowest BCUT2D eigenvalue weighted by Gasteiger charge is -2.35. The molecule has 0 amide bonds. The maximum Gasteiger partial charge on any atom is 0.337 e. The number of phenolic OH excluding ortho intramolecular Hbond substituents is 1. The van der Waals surface area contributed by atoms with Gasteiger partial charge in [-0.25, -0.2) is 9.59 Å². The summed E-state index contributed by atoms with van der Waals surface area (Å²) in [6.07, 6.45) is 4.74. The van der Waals surface area contributed by atoms with Crippen LogP contribution in [-0.2, 0) is 58.7 Å². The Labute approximate surface area is 384 Å². The summed E-state index contributed by atoms with van der Waals surface area (Å²) in [5, 5.41) is 10.5. The largest absolute Gasteiger partial charge is 0.508 e. The Balaban J connectivity index is 0.979. The quantitative estimate of drug-likeness (QED) is 0.0208. The third-order valence-electron chi connectivity index (χ3n) is 9.57. The molecule has 0 aromatic heterocycles. The van der Waals surface area contributed by atoms with Crippen LogP contribution in [0.2, 0.25) is 0 Å². The van der Waals surface area contributed by atoms with Crippen LogP contribution in [0.4, 0.5) is 0 Å². The van der Waals surface area contributed by atoms with Crippen LogP contribution in [0.1, 0.15) is 68.7 Å². The van der Waals surface area contributed by atoms with Crippen molar-refractivity contribution in [1.29, 1.82) is 0 Å². The van der Waals surface area contributed by atoms with Crippen molar-refractivity contribution < 1.29 is 57.3 Å². The summed E-state index contributed by atoms with van der Waals surface area (Å²) in [7, 11) is 0. The molecule has 0 aliphatic carbocycles. The molecule has 0 spiro atoms. The van der Waals surface area contributed by atoms with E-state index >= 15 is 0 Å². The molecule has 0 heterocycles. The van der Waals surface area contributed by atoms with E-state index in [2.05, 4.69) is 91.0 Å². The third-order valence-corrected chi connectivity index (χ3v) is 11.2. The molecule has 0 fully saturated rings. The molecule has 0 aliphatic rings. The number of thioether (sulfide) groups is 1. The zero-order valence-electron chi connectivity index (χ0n) is 37.9. The molecular formula is C51H68O12S. The van der Waals surface area contributed by atoms with Gasteiger partial charge in [-0.15, -0.1) is 11.8 Å². The highest BCUT2D eigenvalue weighted by Crippen LogP contribution is 2.48. The van der Waals surface area contributed by atoms with Gasteiger partial charge < -0.3 is 47.7 Å². The molecular weight excluding hydrogens is 837 g/mol. The highest BCUT2D eigenvalue weighted by molar-refractivity contribution is 8.00. The molecule has 4 rings (SSSR count). The minimum Gasteiger partial charge on any atom is -0.508 e. The summed E-state index contributed by atoms with van der Waals surface area (Å²) in [5.74, 6) is 0.647. The van der Waals surface area contributed by atoms with Crippen LogP contribution < -0.4 is 4.74 Å². The zero-order chi connectivity index (χ0) is 45.6. The van der Waals surface area contributed by atoms with Gasteiger partial charge in [0.1, 0.15) is 30.3 Å². The number of unbranched alkanes of at least 4 members (excludes halogenated alkanes) is 3. The fraction of sp³-hybridized carbons (Fsp3) is 0.490. The summed E-state index contributed by atoms with van der Waals surface area (Å²) in [5.41, 5.74) is 4.03. The number of aryl methyl sites for hydroxylation is 1. The summed E-state index contributed by atoms with van der Waals surface area (Å²) in [6.45, 7) is 9.69. The van der Waals surface area contributed by atoms with Crippen molar-refractivity contribution in [2.75, 3.05) is 98.2 Å². The van der Waals surface area contributed by atoms with Gasteiger partial charge >= 0.3 is 11.9 Å². The number of aromatic hydroxyl groups is 1. The van der Waals surface area contributed by atoms with Crippen molar-refractivity contribution in [3.05, 3.63) is 131 Å². The molecule has 4 aromatic carbocycles. The third kappa shape index (κ3) is 20.7. The first-order valence-corrected chi connectivity index (χ1v) is 23.2. The highest BCUT2D eigenvalue weighted by Gasteiger charge is 2.36. The van der Waals surface area contributed by atoms with E-state index in [1.54, 1.807) is 18.2 Å². The summed E-state index contributed by atoms with van der Waals surface area (Å²) < 4.78 is 48.4. The van der Waals surface area contributed by atoms with Gasteiger partial charge in [-0.05, 0) is 86.2 Å². The molecule has 0 atom stereocenters. The second-order valence-electron chi connectivity index (χ2n) is 15.8. The Hall–Kier alpha value is -4.31. The van der Waals surface area contributed by atoms with Crippen LogP contribution in [0, 0.1) is 0 Å². The van der Waals surface area contributed by atoms with E-state index in [-0.39, 0.29) is 30.3 Å². The van der Waals surface area contributed by atoms with E-state index in [9.17, 15) is 14.7 Å². The minimum atomic E-state index is -0.527. The molecule has 13 heteroatoms. The molecule has 4 aromatic rings. The standard InChI is InChI=1S/C51H68O12S/c1-50(2,3)63-49(54)41-61-37-35-59-33-31-57-29-27-55-26-28-56-30-32-58-34-36-60-40-48(53)62-46-24-25-47(52)42(39-46)17-9-4-5-16-38-64-51(43-18-10-6-11-19-43,44-20-12-7-13-21-44)45-22-14-8-15-23-45/h6-8,10-15,18-25,39,52H,4-5,9,16-17,26-38,40-41H2,1-3H3. The van der Waals surface area contributed by atoms with Crippen LogP contribution in [0.5, 0.6) is 11.5 Å². The summed E-state index contributed by atoms with van der Waals surface area (Å²) >= 11 is 1.98. The van der Waals surface area contributed by atoms with Gasteiger partial charge in [-0.1, -0.05) is 104 Å². The number of rotatable bonds is 34. The lowest BCUT2D eigenvalue weighted by molar-refractivity contribution is -0.160. The lowest BCUT2D eigenvalue weighted by Crippen LogP contribution is -2.27. The molecule has 0 radical (unpaired) electrons. The average molecular weight is 905 g/mol. The Bertz CT molecular complexity index is 1740. The molecule has 1 N–H and O–H groups in total. The van der Waals surface area contributed by atoms with Crippen molar-refractivity contribution >= 4 is 23.7 Å². The van der Waals surface area contributed by atoms with Crippen molar-refractivity contribution in [2.24, 2.45) is 0 Å². The van der Waals surface area contributed by atoms with Gasteiger partial charge in [0.15, 0.2) is 0 Å². The fourth-order valence-electron chi connectivity index (χ4n) is 6.65. The van der Waals surface area contributed by atoms with Gasteiger partial charge in [0.25, 0.3) is 0 Å². The van der Waals surface area contributed by atoms with E-state index in [0.717, 1.165) is 37.0 Å². The highest BCUT2D eigenvalue weighted by atomic mass is 32.2. The normalized spacial score (nSPS) is 11.7. The number of hydrogen-bond acceptors (Lipinski definition) is 13. The van der Waals surface area contributed by atoms with Crippen LogP contribution in [0.25, 0.3) is 0 Å². The van der Waals surface area contributed by atoms with E-state index in [1.165, 1.54) is 16.7 Å². The molecule has 0 saturated carbocycles. The molecule has 0 bridgehead atoms. The molecule has 64 heavy (non-hydrogen) atoms. The number of carbonyl (C=O) groups excluding carboxylic acids is 2. The minimum absolute atomic E-state index is 0.0987. The molecule has 0 aliphatic heterocycles. The molecule has 0 saturated heterocycles. The predicted octanol–water partition coefficient (Wildman–Crippen LogP) is 8.58. The fourth-order valence-corrected chi connectivity index (χ4v) is 8.21. The Morgan fingerprint density at radius 2 is 0.906 bits per heavy atom. The van der Waals surface area contributed by atoms with Gasteiger partial charge in [0.2, 0.25) is 0 Å². The van der Waals surface area contributed by atoms with Crippen molar-refractivity contribution in [3.8, 4) is 11.5 Å². The summed E-state index contributed by atoms with van der Waals surface area (Å²) in [6, 6.07) is 37.2. The second-order valence-corrected chi connectivity index (χ2v) is 17.1. The van der Waals surface area contributed by atoms with Gasteiger partial charge in [0.05, 0.1) is 84.0 Å². The van der Waals surface area contributed by atoms with Crippen LogP contribution >= 0.6 is 11.8 Å². The number of ether oxygens (including phenoxy) is 9. The maximum absolute atomic E-state index is 12.4. The first kappa shape index (κ1) is 52.3. The number of benzene rings is 4. The molecule has 12 nitrogen and oxygen atoms in total. The number of esters is 2. The van der Waals surface area contributed by atoms with Gasteiger partial charge in [-0.3, -0.25) is 0 Å². The zero-order valence-corrected chi connectivity index (χ0v) is 38.7. The topological polar surface area (TPSA) is 137 Å². The second kappa shape index (κ2) is 30.8. The lowest BCUT2D eigenvalue weighted by atomic mass is 9.84. The van der Waals surface area contributed by atoms with Crippen LogP contribution in [0.3, 0.4) is 0 Å². The van der Waals surface area contributed by atoms with Crippen LogP contribution in [-0.4, -0.2) is 121 Å². The van der Waals surface area contributed by atoms with Crippen molar-refractivity contribution in [2.45, 2.75) is 63.2 Å². The number of carbonyl (C=O) groups is 2. The average Bonchev–Trinajstić information content (AvgIpc) is 3.29. The first-order chi connectivity index (χ1) is 31.2. The SMILES string of the molecule is CC(C)(C)OC(=O)COCCOCCOCCOCCOCCOCCOCC(=O)Oc1ccc(O)c(CCCCCCSC(c2ccccc2)(c2ccccc2)c2ccccc2)c1. The number of phenols is 1. The Morgan fingerprint density at radius 3 is 1.34 bits per heavy atom. The summed E-state index contributed by atoms with van der Waals surface area (Å²) in [4.78, 5) is 24.0. The van der Waals surface area contributed by atoms with E-state index in [1.807, 2.05) is 32.5 Å². The van der Waals surface area contributed by atoms with Crippen LogP contribution in [0.15, 0.2) is 109 Å². The predicted molar refractivity (Wildman–Crippen MR) is 249 cm³/mol. The van der Waals surface area contributed by atoms with Gasteiger partial charge in [-0.2, -0.15) is 0 Å². The van der Waals surface area contributed by atoms with Crippen molar-refractivity contribution in [1.82, 2.24) is 0 Å². The van der Waals surface area contributed by atoms with Crippen molar-refractivity contribution in [3.63, 3.8) is 0 Å². The smallest absolute Gasteiger partial charge is 0.337 e. The maximum atomic E-state index is 12.4. The van der Waals surface area contributed by atoms with E-state index in [4.69, 9.17) is 42.6 Å². The van der Waals surface area contributed by atoms with Gasteiger partial charge in [0, 0.05) is 0 Å². The van der Waals surface area contributed by atoms with E-state index < -0.39 is 17.5 Å². The first-order valence-electron chi connectivity index (χ1n) is 22.3. The van der Waals surface area contributed by atoms with E-state index in [0.29, 0.717) is 84.8 Å². The monoisotopic (exact) mass is 904 g/mol.